The Hall–Kier alpha value is -0.890. The zero-order chi connectivity index (χ0) is 9.97. The highest BCUT2D eigenvalue weighted by molar-refractivity contribution is 5.31. The summed E-state index contributed by atoms with van der Waals surface area (Å²) >= 11 is 0. The van der Waals surface area contributed by atoms with E-state index in [4.69, 9.17) is 4.98 Å². The molecule has 0 spiro atoms. The van der Waals surface area contributed by atoms with Crippen molar-refractivity contribution >= 4 is 0 Å². The summed E-state index contributed by atoms with van der Waals surface area (Å²) in [5, 5.41) is 3.19. The van der Waals surface area contributed by atoms with Crippen molar-refractivity contribution in [3.8, 4) is 0 Å². The fourth-order valence-electron chi connectivity index (χ4n) is 2.15. The average Bonchev–Trinajstić information content (AvgIpc) is 2.19. The third-order valence-corrected chi connectivity index (χ3v) is 2.96. The number of hydrogen-bond donors (Lipinski definition) is 1. The normalized spacial score (nSPS) is 15.3. The summed E-state index contributed by atoms with van der Waals surface area (Å²) in [5.41, 5.74) is 5.37. The summed E-state index contributed by atoms with van der Waals surface area (Å²) in [4.78, 5) is 4.69. The van der Waals surface area contributed by atoms with Crippen LogP contribution in [0.3, 0.4) is 0 Å². The van der Waals surface area contributed by atoms with Crippen molar-refractivity contribution in [2.24, 2.45) is 0 Å². The van der Waals surface area contributed by atoms with Gasteiger partial charge < -0.3 is 5.32 Å². The van der Waals surface area contributed by atoms with Gasteiger partial charge in [-0.1, -0.05) is 6.07 Å². The summed E-state index contributed by atoms with van der Waals surface area (Å²) in [5.74, 6) is 0. The van der Waals surface area contributed by atoms with Gasteiger partial charge in [0.15, 0.2) is 0 Å². The van der Waals surface area contributed by atoms with Gasteiger partial charge in [0.05, 0.1) is 0 Å². The van der Waals surface area contributed by atoms with Crippen molar-refractivity contribution in [2.75, 3.05) is 7.05 Å². The van der Waals surface area contributed by atoms with Crippen LogP contribution in [0.5, 0.6) is 0 Å². The van der Waals surface area contributed by atoms with Gasteiger partial charge in [0.25, 0.3) is 0 Å². The van der Waals surface area contributed by atoms with Crippen LogP contribution < -0.4 is 5.32 Å². The summed E-state index contributed by atoms with van der Waals surface area (Å²) in [6, 6.07) is 2.34. The number of nitrogens with one attached hydrogen (secondary N) is 1. The molecule has 1 aromatic rings. The van der Waals surface area contributed by atoms with Crippen molar-refractivity contribution in [1.82, 2.24) is 10.3 Å². The number of hydrogen-bond acceptors (Lipinski definition) is 2. The highest BCUT2D eigenvalue weighted by atomic mass is 14.8. The smallest absolute Gasteiger partial charge is 0.0438 e. The fourth-order valence-corrected chi connectivity index (χ4v) is 2.15. The average molecular weight is 190 g/mol. The Morgan fingerprint density at radius 2 is 2.14 bits per heavy atom. The van der Waals surface area contributed by atoms with Gasteiger partial charge in [-0.15, -0.1) is 0 Å². The molecule has 2 rings (SSSR count). The van der Waals surface area contributed by atoms with Crippen LogP contribution in [0.1, 0.15) is 35.4 Å². The maximum absolute atomic E-state index is 4.69. The van der Waals surface area contributed by atoms with Gasteiger partial charge in [-0.3, -0.25) is 4.98 Å². The van der Waals surface area contributed by atoms with E-state index in [2.05, 4.69) is 18.3 Å². The molecule has 0 fully saturated rings. The topological polar surface area (TPSA) is 24.9 Å². The largest absolute Gasteiger partial charge is 0.316 e. The lowest BCUT2D eigenvalue weighted by Crippen LogP contribution is -2.12. The summed E-state index contributed by atoms with van der Waals surface area (Å²) in [7, 11) is 1.99. The second-order valence-corrected chi connectivity index (χ2v) is 4.08. The third kappa shape index (κ3) is 1.80. The van der Waals surface area contributed by atoms with Crippen molar-refractivity contribution in [1.29, 1.82) is 0 Å². The SMILES string of the molecule is CNCc1cc2c(nc1C)CCCC2. The number of aromatic nitrogens is 1. The first-order valence-corrected chi connectivity index (χ1v) is 5.44. The van der Waals surface area contributed by atoms with E-state index in [0.717, 1.165) is 6.54 Å². The molecule has 1 aliphatic carbocycles. The van der Waals surface area contributed by atoms with Crippen molar-refractivity contribution < 1.29 is 0 Å². The number of fused-ring (bicyclic) bond motifs is 1. The van der Waals surface area contributed by atoms with Gasteiger partial charge in [-0.25, -0.2) is 0 Å². The standard InChI is InChI=1S/C12H18N2/c1-9-11(8-13-2)7-10-5-3-4-6-12(10)14-9/h7,13H,3-6,8H2,1-2H3. The summed E-state index contributed by atoms with van der Waals surface area (Å²) in [6.07, 6.45) is 5.04. The predicted octanol–water partition coefficient (Wildman–Crippen LogP) is 1.99. The zero-order valence-corrected chi connectivity index (χ0v) is 9.06. The number of aryl methyl sites for hydroxylation is 3. The van der Waals surface area contributed by atoms with Crippen molar-refractivity contribution in [3.63, 3.8) is 0 Å². The Morgan fingerprint density at radius 1 is 1.36 bits per heavy atom. The molecule has 0 aliphatic heterocycles. The van der Waals surface area contributed by atoms with E-state index < -0.39 is 0 Å². The number of nitrogens with zero attached hydrogens (tertiary/aromatic N) is 1. The van der Waals surface area contributed by atoms with Gasteiger partial charge in [-0.2, -0.15) is 0 Å². The number of pyridine rings is 1. The van der Waals surface area contributed by atoms with Crippen molar-refractivity contribution in [2.45, 2.75) is 39.2 Å². The Labute approximate surface area is 85.7 Å². The van der Waals surface area contributed by atoms with Gasteiger partial charge in [0, 0.05) is 17.9 Å². The van der Waals surface area contributed by atoms with Crippen molar-refractivity contribution in [3.05, 3.63) is 28.6 Å². The van der Waals surface area contributed by atoms with E-state index in [1.54, 1.807) is 0 Å². The van der Waals surface area contributed by atoms with Gasteiger partial charge >= 0.3 is 0 Å². The molecule has 0 saturated carbocycles. The summed E-state index contributed by atoms with van der Waals surface area (Å²) < 4.78 is 0. The lowest BCUT2D eigenvalue weighted by molar-refractivity contribution is 0.660. The minimum Gasteiger partial charge on any atom is -0.316 e. The molecule has 76 valence electrons. The number of rotatable bonds is 2. The molecule has 0 radical (unpaired) electrons. The van der Waals surface area contributed by atoms with E-state index in [1.807, 2.05) is 7.05 Å². The van der Waals surface area contributed by atoms with Crippen LogP contribution in [0.4, 0.5) is 0 Å². The second-order valence-electron chi connectivity index (χ2n) is 4.08. The Balaban J connectivity index is 2.35. The molecule has 2 nitrogen and oxygen atoms in total. The van der Waals surface area contributed by atoms with Gasteiger partial charge in [0.1, 0.15) is 0 Å². The van der Waals surface area contributed by atoms with Crippen LogP contribution in [0, 0.1) is 6.92 Å². The maximum Gasteiger partial charge on any atom is 0.0438 e. The second kappa shape index (κ2) is 4.09. The fraction of sp³-hybridized carbons (Fsp3) is 0.583. The molecule has 14 heavy (non-hydrogen) atoms. The van der Waals surface area contributed by atoms with E-state index in [-0.39, 0.29) is 0 Å². The van der Waals surface area contributed by atoms with E-state index in [9.17, 15) is 0 Å². The van der Waals surface area contributed by atoms with Crippen LogP contribution >= 0.6 is 0 Å². The van der Waals surface area contributed by atoms with E-state index in [1.165, 1.54) is 48.2 Å². The van der Waals surface area contributed by atoms with Crippen LogP contribution in [0.25, 0.3) is 0 Å². The first kappa shape index (κ1) is 9.66. The Bertz CT molecular complexity index is 331. The lowest BCUT2D eigenvalue weighted by Gasteiger charge is -2.17. The Morgan fingerprint density at radius 3 is 2.93 bits per heavy atom. The molecule has 1 heterocycles. The first-order chi connectivity index (χ1) is 6.81. The van der Waals surface area contributed by atoms with E-state index in [0.29, 0.717) is 0 Å². The lowest BCUT2D eigenvalue weighted by atomic mass is 9.94. The first-order valence-electron chi connectivity index (χ1n) is 5.44. The van der Waals surface area contributed by atoms with Crippen LogP contribution in [-0.2, 0) is 19.4 Å². The summed E-state index contributed by atoms with van der Waals surface area (Å²) in [6.45, 7) is 3.05. The quantitative estimate of drug-likeness (QED) is 0.771. The molecule has 0 amide bonds. The third-order valence-electron chi connectivity index (χ3n) is 2.96. The molecule has 1 N–H and O–H groups in total. The Kier molecular flexibility index (Phi) is 2.82. The molecule has 0 unspecified atom stereocenters. The van der Waals surface area contributed by atoms with Crippen LogP contribution in [0.15, 0.2) is 6.07 Å². The van der Waals surface area contributed by atoms with Crippen LogP contribution in [-0.4, -0.2) is 12.0 Å². The molecule has 0 saturated heterocycles. The van der Waals surface area contributed by atoms with Gasteiger partial charge in [0.2, 0.25) is 0 Å². The molecule has 1 aliphatic rings. The molecular weight excluding hydrogens is 172 g/mol. The minimum absolute atomic E-state index is 0.937. The highest BCUT2D eigenvalue weighted by Gasteiger charge is 2.12. The molecule has 0 aromatic carbocycles. The highest BCUT2D eigenvalue weighted by Crippen LogP contribution is 2.21. The molecule has 0 bridgehead atoms. The molecule has 0 atom stereocenters. The van der Waals surface area contributed by atoms with Gasteiger partial charge in [-0.05, 0) is 50.8 Å². The van der Waals surface area contributed by atoms with Crippen LogP contribution in [0.2, 0.25) is 0 Å². The minimum atomic E-state index is 0.937. The maximum atomic E-state index is 4.69. The monoisotopic (exact) mass is 190 g/mol. The molecule has 2 heteroatoms. The molecule has 1 aromatic heterocycles. The zero-order valence-electron chi connectivity index (χ0n) is 9.06. The van der Waals surface area contributed by atoms with E-state index >= 15 is 0 Å². The predicted molar refractivity (Wildman–Crippen MR) is 58.4 cm³/mol. The molecular formula is C12H18N2.